The molecule has 1 fully saturated rings. The summed E-state index contributed by atoms with van der Waals surface area (Å²) in [6.45, 7) is 1.02. The Bertz CT molecular complexity index is 905. The predicted molar refractivity (Wildman–Crippen MR) is 114 cm³/mol. The largest absolute Gasteiger partial charge is 0.497 e. The second kappa shape index (κ2) is 9.76. The van der Waals surface area contributed by atoms with E-state index in [4.69, 9.17) is 27.9 Å². The Morgan fingerprint density at radius 3 is 2.45 bits per heavy atom. The van der Waals surface area contributed by atoms with Crippen molar-refractivity contribution >= 4 is 41.2 Å². The molecule has 3 rings (SSSR count). The number of nitrogens with one attached hydrogen (secondary N) is 1. The number of rotatable bonds is 5. The average molecular weight is 434 g/mol. The zero-order valence-corrected chi connectivity index (χ0v) is 17.4. The van der Waals surface area contributed by atoms with E-state index >= 15 is 0 Å². The van der Waals surface area contributed by atoms with Crippen LogP contribution in [0.2, 0.25) is 10.0 Å². The molecule has 0 aliphatic carbocycles. The second-order valence-electron chi connectivity index (χ2n) is 6.67. The standard InChI is InChI=1S/C21H21Cl2N3O3/c1-29-16-5-2-4-15(12-16)21(28)26-10-8-14(9-11-26)20(27)25-24-13-17-18(22)6-3-7-19(17)23/h2-7,12-14H,8-11H2,1H3,(H,25,27)/b24-13+. The number of ether oxygens (including phenoxy) is 1. The van der Waals surface area contributed by atoms with Crippen molar-refractivity contribution < 1.29 is 14.3 Å². The van der Waals surface area contributed by atoms with Crippen LogP contribution < -0.4 is 10.2 Å². The van der Waals surface area contributed by atoms with Crippen LogP contribution in [-0.2, 0) is 4.79 Å². The van der Waals surface area contributed by atoms with E-state index in [2.05, 4.69) is 10.5 Å². The molecule has 2 aromatic rings. The molecule has 1 N–H and O–H groups in total. The maximum atomic E-state index is 12.7. The minimum Gasteiger partial charge on any atom is -0.497 e. The van der Waals surface area contributed by atoms with E-state index < -0.39 is 0 Å². The Morgan fingerprint density at radius 1 is 1.14 bits per heavy atom. The van der Waals surface area contributed by atoms with Gasteiger partial charge in [0.2, 0.25) is 5.91 Å². The number of carbonyl (C=O) groups excluding carboxylic acids is 2. The van der Waals surface area contributed by atoms with Gasteiger partial charge in [0.25, 0.3) is 5.91 Å². The summed E-state index contributed by atoms with van der Waals surface area (Å²) in [7, 11) is 1.57. The van der Waals surface area contributed by atoms with Crippen molar-refractivity contribution in [2.45, 2.75) is 12.8 Å². The van der Waals surface area contributed by atoms with Crippen LogP contribution in [0.5, 0.6) is 5.75 Å². The van der Waals surface area contributed by atoms with E-state index in [1.54, 1.807) is 54.5 Å². The molecule has 6 nitrogen and oxygen atoms in total. The fraction of sp³-hybridized carbons (Fsp3) is 0.286. The molecule has 0 atom stereocenters. The number of piperidine rings is 1. The third kappa shape index (κ3) is 5.28. The summed E-state index contributed by atoms with van der Waals surface area (Å²) in [5.74, 6) is 0.192. The molecular formula is C21H21Cl2N3O3. The van der Waals surface area contributed by atoms with Crippen molar-refractivity contribution in [2.24, 2.45) is 11.0 Å². The number of halogens is 2. The van der Waals surface area contributed by atoms with E-state index in [1.165, 1.54) is 6.21 Å². The van der Waals surface area contributed by atoms with Crippen molar-refractivity contribution in [1.82, 2.24) is 10.3 Å². The number of amides is 2. The van der Waals surface area contributed by atoms with Crippen LogP contribution in [0.15, 0.2) is 47.6 Å². The summed E-state index contributed by atoms with van der Waals surface area (Å²) < 4.78 is 5.17. The second-order valence-corrected chi connectivity index (χ2v) is 7.48. The minimum absolute atomic E-state index is 0.0610. The van der Waals surface area contributed by atoms with Crippen molar-refractivity contribution in [3.05, 3.63) is 63.6 Å². The summed E-state index contributed by atoms with van der Waals surface area (Å²) in [6.07, 6.45) is 2.58. The van der Waals surface area contributed by atoms with Crippen molar-refractivity contribution in [3.8, 4) is 5.75 Å². The number of likely N-dealkylation sites (tertiary alicyclic amines) is 1. The van der Waals surface area contributed by atoms with Gasteiger partial charge < -0.3 is 9.64 Å². The molecule has 0 spiro atoms. The minimum atomic E-state index is -0.205. The number of methoxy groups -OCH3 is 1. The van der Waals surface area contributed by atoms with E-state index in [0.29, 0.717) is 52.9 Å². The lowest BCUT2D eigenvalue weighted by molar-refractivity contribution is -0.126. The van der Waals surface area contributed by atoms with Gasteiger partial charge in [-0.05, 0) is 43.2 Å². The molecule has 0 aromatic heterocycles. The van der Waals surface area contributed by atoms with Crippen molar-refractivity contribution in [3.63, 3.8) is 0 Å². The monoisotopic (exact) mass is 433 g/mol. The third-order valence-corrected chi connectivity index (χ3v) is 5.50. The highest BCUT2D eigenvalue weighted by Gasteiger charge is 2.27. The first-order valence-electron chi connectivity index (χ1n) is 9.20. The van der Waals surface area contributed by atoms with Gasteiger partial charge in [-0.2, -0.15) is 5.10 Å². The number of hydrazone groups is 1. The highest BCUT2D eigenvalue weighted by atomic mass is 35.5. The highest BCUT2D eigenvalue weighted by molar-refractivity contribution is 6.38. The third-order valence-electron chi connectivity index (χ3n) is 4.84. The molecule has 29 heavy (non-hydrogen) atoms. The molecule has 8 heteroatoms. The molecule has 0 bridgehead atoms. The summed E-state index contributed by atoms with van der Waals surface area (Å²) >= 11 is 12.2. The first-order chi connectivity index (χ1) is 14.0. The number of hydrogen-bond acceptors (Lipinski definition) is 4. The van der Waals surface area contributed by atoms with E-state index in [9.17, 15) is 9.59 Å². The van der Waals surface area contributed by atoms with Crippen LogP contribution in [0.4, 0.5) is 0 Å². The van der Waals surface area contributed by atoms with E-state index in [-0.39, 0.29) is 17.7 Å². The summed E-state index contributed by atoms with van der Waals surface area (Å²) in [6, 6.07) is 12.2. The fourth-order valence-corrected chi connectivity index (χ4v) is 3.66. The Morgan fingerprint density at radius 2 is 1.79 bits per heavy atom. The van der Waals surface area contributed by atoms with Crippen LogP contribution in [0, 0.1) is 5.92 Å². The molecule has 1 saturated heterocycles. The van der Waals surface area contributed by atoms with Gasteiger partial charge >= 0.3 is 0 Å². The Hall–Kier alpha value is -2.57. The molecular weight excluding hydrogens is 413 g/mol. The maximum Gasteiger partial charge on any atom is 0.253 e. The zero-order chi connectivity index (χ0) is 20.8. The molecule has 1 aliphatic rings. The van der Waals surface area contributed by atoms with E-state index in [0.717, 1.165) is 0 Å². The Labute approximate surface area is 179 Å². The SMILES string of the molecule is COc1cccc(C(=O)N2CCC(C(=O)N/N=C/c3c(Cl)cccc3Cl)CC2)c1. The summed E-state index contributed by atoms with van der Waals surface area (Å²) in [4.78, 5) is 26.8. The molecule has 1 heterocycles. The van der Waals surface area contributed by atoms with Gasteiger partial charge in [-0.25, -0.2) is 5.43 Å². The lowest BCUT2D eigenvalue weighted by Crippen LogP contribution is -2.42. The average Bonchev–Trinajstić information content (AvgIpc) is 2.75. The predicted octanol–water partition coefficient (Wildman–Crippen LogP) is 4.00. The lowest BCUT2D eigenvalue weighted by Gasteiger charge is -2.31. The van der Waals surface area contributed by atoms with Crippen LogP contribution in [0.25, 0.3) is 0 Å². The number of hydrogen-bond donors (Lipinski definition) is 1. The van der Waals surface area contributed by atoms with Gasteiger partial charge in [-0.1, -0.05) is 35.3 Å². The quantitative estimate of drug-likeness (QED) is 0.571. The molecule has 0 unspecified atom stereocenters. The fourth-order valence-electron chi connectivity index (χ4n) is 3.17. The number of benzene rings is 2. The van der Waals surface area contributed by atoms with Crippen LogP contribution in [-0.4, -0.2) is 43.1 Å². The topological polar surface area (TPSA) is 71.0 Å². The van der Waals surface area contributed by atoms with Gasteiger partial charge in [-0.3, -0.25) is 9.59 Å². The number of nitrogens with zero attached hydrogens (tertiary/aromatic N) is 2. The van der Waals surface area contributed by atoms with Crippen LogP contribution in [0.1, 0.15) is 28.8 Å². The summed E-state index contributed by atoms with van der Waals surface area (Å²) in [5, 5.41) is 4.89. The maximum absolute atomic E-state index is 12.7. The van der Waals surface area contributed by atoms with Gasteiger partial charge in [0.15, 0.2) is 0 Å². The molecule has 152 valence electrons. The van der Waals surface area contributed by atoms with Crippen molar-refractivity contribution in [1.29, 1.82) is 0 Å². The van der Waals surface area contributed by atoms with Gasteiger partial charge in [0.1, 0.15) is 5.75 Å². The van der Waals surface area contributed by atoms with E-state index in [1.807, 2.05) is 0 Å². The Balaban J connectivity index is 1.53. The summed E-state index contributed by atoms with van der Waals surface area (Å²) in [5.41, 5.74) is 3.67. The van der Waals surface area contributed by atoms with Crippen LogP contribution in [0.3, 0.4) is 0 Å². The first-order valence-corrected chi connectivity index (χ1v) is 9.95. The molecule has 1 aliphatic heterocycles. The molecule has 2 amide bonds. The molecule has 0 saturated carbocycles. The highest BCUT2D eigenvalue weighted by Crippen LogP contribution is 2.23. The normalized spacial score (nSPS) is 14.8. The Kier molecular flexibility index (Phi) is 7.12. The van der Waals surface area contributed by atoms with Gasteiger partial charge in [0, 0.05) is 30.1 Å². The van der Waals surface area contributed by atoms with Crippen LogP contribution >= 0.6 is 23.2 Å². The van der Waals surface area contributed by atoms with Gasteiger partial charge in [-0.15, -0.1) is 0 Å². The number of carbonyl (C=O) groups is 2. The van der Waals surface area contributed by atoms with Crippen molar-refractivity contribution in [2.75, 3.05) is 20.2 Å². The van der Waals surface area contributed by atoms with Gasteiger partial charge in [0.05, 0.1) is 23.4 Å². The first kappa shape index (κ1) is 21.1. The smallest absolute Gasteiger partial charge is 0.253 e. The lowest BCUT2D eigenvalue weighted by atomic mass is 9.95. The zero-order valence-electron chi connectivity index (χ0n) is 15.9. The molecule has 0 radical (unpaired) electrons. The molecule has 2 aromatic carbocycles.